The lowest BCUT2D eigenvalue weighted by molar-refractivity contribution is -0.147. The van der Waals surface area contributed by atoms with Crippen LogP contribution in [-0.4, -0.2) is 302 Å². The molecule has 466 valence electrons. The second-order valence-corrected chi connectivity index (χ2v) is 19.3. The summed E-state index contributed by atoms with van der Waals surface area (Å²) in [5, 5.41) is 83.3. The minimum absolute atomic E-state index is 0.0529. The van der Waals surface area contributed by atoms with Gasteiger partial charge in [-0.2, -0.15) is 17.4 Å². The van der Waals surface area contributed by atoms with E-state index in [1.807, 2.05) is 0 Å². The molecule has 35 nitrogen and oxygen atoms in total. The number of terminal acetylenes is 1. The van der Waals surface area contributed by atoms with E-state index in [1.165, 1.54) is 14.1 Å². The number of aliphatic imine (C=N–C) groups is 1. The van der Waals surface area contributed by atoms with Gasteiger partial charge >= 0.3 is 24.1 Å². The summed E-state index contributed by atoms with van der Waals surface area (Å²) >= 11 is 0. The molecular formula is C46H78N12O23S. The molecule has 2 aliphatic heterocycles. The van der Waals surface area contributed by atoms with Crippen LogP contribution in [0.5, 0.6) is 0 Å². The second kappa shape index (κ2) is 38.1. The highest BCUT2D eigenvalue weighted by Crippen LogP contribution is 2.28. The van der Waals surface area contributed by atoms with Crippen LogP contribution in [0, 0.1) is 23.2 Å². The van der Waals surface area contributed by atoms with Gasteiger partial charge in [0.1, 0.15) is 24.9 Å². The Hall–Kier alpha value is -6.73. The highest BCUT2D eigenvalue weighted by molar-refractivity contribution is 7.87. The Morgan fingerprint density at radius 1 is 0.707 bits per heavy atom. The lowest BCUT2D eigenvalue weighted by atomic mass is 9.91. The predicted molar refractivity (Wildman–Crippen MR) is 284 cm³/mol. The summed E-state index contributed by atoms with van der Waals surface area (Å²) in [5.41, 5.74) is 11.0. The molecule has 0 bridgehead atoms. The number of hydrogen-bond donors (Lipinski definition) is 14. The molecule has 0 saturated carbocycles. The first-order chi connectivity index (χ1) is 38.9. The number of ether oxygens (including phenoxy) is 10. The number of amides is 3. The van der Waals surface area contributed by atoms with E-state index in [0.717, 1.165) is 33.2 Å². The van der Waals surface area contributed by atoms with E-state index in [-0.39, 0.29) is 92.2 Å². The molecule has 36 heteroatoms. The van der Waals surface area contributed by atoms with Crippen LogP contribution in [0.1, 0.15) is 6.92 Å². The molecule has 2 heterocycles. The quantitative estimate of drug-likeness (QED) is 0.0117. The lowest BCUT2D eigenvalue weighted by Gasteiger charge is -2.41. The molecule has 0 aliphatic carbocycles. The summed E-state index contributed by atoms with van der Waals surface area (Å²) in [7, 11) is -1.73. The van der Waals surface area contributed by atoms with Gasteiger partial charge in [-0.15, -0.1) is 6.42 Å². The monoisotopic (exact) mass is 1200 g/mol. The summed E-state index contributed by atoms with van der Waals surface area (Å²) in [4.78, 5) is 68.6. The molecule has 3 amide bonds. The van der Waals surface area contributed by atoms with Crippen LogP contribution in [0.4, 0.5) is 9.59 Å². The van der Waals surface area contributed by atoms with Crippen LogP contribution in [0.3, 0.4) is 0 Å². The molecule has 0 fully saturated rings. The van der Waals surface area contributed by atoms with Gasteiger partial charge in [0.15, 0.2) is 36.3 Å². The van der Waals surface area contributed by atoms with Crippen LogP contribution in [0.15, 0.2) is 28.7 Å². The summed E-state index contributed by atoms with van der Waals surface area (Å²) in [6.07, 6.45) is -5.58. The number of likely N-dealkylation sites (N-methyl/N-ethyl adjacent to an activating group) is 2. The number of aliphatic hydroxyl groups excluding tert-OH is 4. The maximum absolute atomic E-state index is 13.6. The van der Waals surface area contributed by atoms with Crippen LogP contribution in [-0.2, 0) is 72.0 Å². The summed E-state index contributed by atoms with van der Waals surface area (Å²) in [5.74, 6) is -4.06. The van der Waals surface area contributed by atoms with Crippen molar-refractivity contribution in [2.75, 3.05) is 139 Å². The van der Waals surface area contributed by atoms with Crippen molar-refractivity contribution in [2.24, 2.45) is 16.5 Å². The number of carboxylic acid groups (broad SMARTS) is 2. The number of nitrogens with one attached hydrogen (secondary N) is 6. The molecule has 0 aromatic heterocycles. The van der Waals surface area contributed by atoms with Gasteiger partial charge in [-0.3, -0.25) is 20.6 Å². The van der Waals surface area contributed by atoms with Gasteiger partial charge in [-0.05, 0) is 18.9 Å². The van der Waals surface area contributed by atoms with E-state index in [0.29, 0.717) is 19.8 Å². The number of nitrogens with two attached hydrogens (primary N) is 2. The zero-order valence-corrected chi connectivity index (χ0v) is 46.4. The van der Waals surface area contributed by atoms with E-state index < -0.39 is 138 Å². The first-order valence-electron chi connectivity index (χ1n) is 25.2. The summed E-state index contributed by atoms with van der Waals surface area (Å²) in [6, 6.07) is -4.87. The van der Waals surface area contributed by atoms with Crippen molar-refractivity contribution in [1.29, 1.82) is 10.8 Å². The number of hydrogen-bond acceptors (Lipinski definition) is 24. The van der Waals surface area contributed by atoms with Gasteiger partial charge in [-0.1, -0.05) is 5.92 Å². The Bertz CT molecular complexity index is 2280. The van der Waals surface area contributed by atoms with Crippen LogP contribution in [0.25, 0.3) is 0 Å². The second-order valence-electron chi connectivity index (χ2n) is 17.6. The molecule has 2 aliphatic rings. The molecular weight excluding hydrogens is 1120 g/mol. The first-order valence-corrected chi connectivity index (χ1v) is 26.6. The summed E-state index contributed by atoms with van der Waals surface area (Å²) < 4.78 is 85.4. The van der Waals surface area contributed by atoms with Crippen molar-refractivity contribution in [3.05, 3.63) is 23.7 Å². The number of carbonyl (C=O) groups is 5. The third-order valence-corrected chi connectivity index (χ3v) is 13.1. The van der Waals surface area contributed by atoms with Gasteiger partial charge in [0.2, 0.25) is 17.4 Å². The van der Waals surface area contributed by atoms with E-state index in [4.69, 9.17) is 76.1 Å². The average molecular weight is 1200 g/mol. The van der Waals surface area contributed by atoms with Crippen molar-refractivity contribution in [2.45, 2.75) is 67.7 Å². The average Bonchev–Trinajstić information content (AvgIpc) is 3.48. The molecule has 0 aromatic carbocycles. The van der Waals surface area contributed by atoms with Crippen molar-refractivity contribution in [3.63, 3.8) is 0 Å². The maximum Gasteiger partial charge on any atom is 0.410 e. The molecule has 16 N–H and O–H groups in total. The minimum atomic E-state index is -4.27. The van der Waals surface area contributed by atoms with Crippen LogP contribution >= 0.6 is 0 Å². The van der Waals surface area contributed by atoms with E-state index in [9.17, 15) is 63.0 Å². The molecule has 0 radical (unpaired) electrons. The van der Waals surface area contributed by atoms with E-state index in [2.05, 4.69) is 38.3 Å². The number of aliphatic carboxylic acids is 2. The van der Waals surface area contributed by atoms with Crippen LogP contribution in [0.2, 0.25) is 0 Å². The van der Waals surface area contributed by atoms with Gasteiger partial charge in [0.05, 0.1) is 104 Å². The van der Waals surface area contributed by atoms with Crippen LogP contribution < -0.4 is 32.1 Å². The molecule has 0 unspecified atom stereocenters. The van der Waals surface area contributed by atoms with Gasteiger partial charge in [0.25, 0.3) is 10.2 Å². The Kier molecular flexibility index (Phi) is 33.2. The van der Waals surface area contributed by atoms with E-state index >= 15 is 0 Å². The third-order valence-electron chi connectivity index (χ3n) is 11.4. The zero-order chi connectivity index (χ0) is 61.4. The number of guanidine groups is 2. The van der Waals surface area contributed by atoms with Gasteiger partial charge < -0.3 is 115 Å². The molecule has 0 saturated heterocycles. The molecule has 10 atom stereocenters. The summed E-state index contributed by atoms with van der Waals surface area (Å²) in [6.45, 7) is 2.17. The fourth-order valence-electron chi connectivity index (χ4n) is 7.42. The number of nitrogens with zero attached hydrogens (tertiary/aromatic N) is 4. The number of carboxylic acids is 2. The maximum atomic E-state index is 13.6. The van der Waals surface area contributed by atoms with Crippen molar-refractivity contribution in [3.8, 4) is 12.3 Å². The zero-order valence-electron chi connectivity index (χ0n) is 45.6. The highest BCUT2D eigenvalue weighted by atomic mass is 32.2. The lowest BCUT2D eigenvalue weighted by Crippen LogP contribution is -2.65. The molecule has 0 spiro atoms. The highest BCUT2D eigenvalue weighted by Gasteiger charge is 2.48. The molecule has 82 heavy (non-hydrogen) atoms. The fraction of sp³-hybridized carbons (Fsp3) is 0.696. The van der Waals surface area contributed by atoms with Gasteiger partial charge in [0, 0.05) is 53.7 Å². The number of carbonyl (C=O) groups excluding carboxylic acids is 3. The SMILES string of the molecule is C#CCOCCOCCOCCOCCNS(=O)(=O)N(CCOCCN(C)C(=O)O[C@@H]([C@@H]1OC(C(=O)O)=C[C@H](NC(=N)N)[C@H]1N=C)[C@H](O)CO)CCOCCN(C)C(=O)O[C@@H]([C@@H]1OC(C(=O)O)=C[C@H](NC(=N)N)[C@H]1NC(C)=O)[C@H](O)CO. The molecule has 2 rings (SSSR count). The molecule has 0 aromatic rings. The standard InChI is InChI=1S/C46H78N12O23S/c1-6-12-72-18-20-76-22-23-77-21-19-73-13-7-52-82(70,71)58(10-16-74-14-8-56(4)45(68)80-37(31(62)26-59)39-35(51-3)29(54-43(47)48)24-33(78-39)41(64)65)11-17-75-15-9-57(5)46(69)81-38(32(63)27-60)40-36(53-28(2)61)30(55-44(49)50)25-34(79-40)42(66)67/h1,24-25,29-32,35-40,52,59-60,62-63H,3,7-23,26-27H2,2,4-5H3,(H,53,61)(H,64,65)(H,66,67)(H4,47,48,54)(H4,49,50,55)/t29-,30-,31+,32+,35+,36+,37+,38+,39+,40+/m0/s1. The third kappa shape index (κ3) is 25.6. The van der Waals surface area contributed by atoms with Crippen molar-refractivity contribution in [1.82, 2.24) is 34.8 Å². The Morgan fingerprint density at radius 2 is 1.12 bits per heavy atom. The first kappa shape index (κ1) is 71.4. The predicted octanol–water partition coefficient (Wildman–Crippen LogP) is -6.55. The Morgan fingerprint density at radius 3 is 1.56 bits per heavy atom. The Balaban J connectivity index is 2.10. The van der Waals surface area contributed by atoms with Crippen molar-refractivity contribution >= 4 is 58.9 Å². The normalized spacial score (nSPS) is 20.1. The number of aliphatic hydroxyl groups is 4. The van der Waals surface area contributed by atoms with E-state index in [1.54, 1.807) is 0 Å². The van der Waals surface area contributed by atoms with Crippen molar-refractivity contribution < 1.29 is 110 Å². The smallest absolute Gasteiger partial charge is 0.410 e. The Labute approximate surface area is 473 Å². The van der Waals surface area contributed by atoms with Gasteiger partial charge in [-0.25, -0.2) is 19.2 Å². The largest absolute Gasteiger partial charge is 0.477 e. The minimum Gasteiger partial charge on any atom is -0.477 e. The fourth-order valence-corrected chi connectivity index (χ4v) is 8.57. The topological polar surface area (TPSA) is 503 Å². The number of rotatable bonds is 41.